The molecule has 1 aromatic rings. The molecule has 21 heavy (non-hydrogen) atoms. The summed E-state index contributed by atoms with van der Waals surface area (Å²) in [7, 11) is 0. The van der Waals surface area contributed by atoms with Gasteiger partial charge in [0.1, 0.15) is 5.75 Å². The third kappa shape index (κ3) is 5.38. The van der Waals surface area contributed by atoms with Gasteiger partial charge >= 0.3 is 0 Å². The Labute approximate surface area is 127 Å². The minimum absolute atomic E-state index is 0.0740. The fourth-order valence-corrected chi connectivity index (χ4v) is 3.23. The van der Waals surface area contributed by atoms with Gasteiger partial charge < -0.3 is 15.8 Å². The standard InChI is InChI=1S/C17H26N2O2/c1-12-7-13(2)9-15(8-12)19-10-14-3-5-16(6-4-14)21-11-17(18)20/h3-6,12-13,15,19H,7-11H2,1-2H3,(H2,18,20). The summed E-state index contributed by atoms with van der Waals surface area (Å²) in [5, 5.41) is 3.65. The van der Waals surface area contributed by atoms with Crippen LogP contribution >= 0.6 is 0 Å². The minimum atomic E-state index is -0.457. The average Bonchev–Trinajstić information content (AvgIpc) is 2.43. The van der Waals surface area contributed by atoms with E-state index in [1.165, 1.54) is 24.8 Å². The molecule has 0 aromatic heterocycles. The highest BCUT2D eigenvalue weighted by molar-refractivity contribution is 5.75. The van der Waals surface area contributed by atoms with E-state index in [-0.39, 0.29) is 6.61 Å². The lowest BCUT2D eigenvalue weighted by molar-refractivity contribution is -0.119. The van der Waals surface area contributed by atoms with Gasteiger partial charge in [0.15, 0.2) is 6.61 Å². The summed E-state index contributed by atoms with van der Waals surface area (Å²) in [4.78, 5) is 10.7. The van der Waals surface area contributed by atoms with Gasteiger partial charge in [-0.15, -0.1) is 0 Å². The van der Waals surface area contributed by atoms with Crippen LogP contribution in [0.15, 0.2) is 24.3 Å². The third-order valence-electron chi connectivity index (χ3n) is 4.08. The summed E-state index contributed by atoms with van der Waals surface area (Å²) in [5.74, 6) is 1.85. The van der Waals surface area contributed by atoms with E-state index in [1.807, 2.05) is 24.3 Å². The van der Waals surface area contributed by atoms with Crippen LogP contribution in [-0.2, 0) is 11.3 Å². The zero-order valence-electron chi connectivity index (χ0n) is 13.0. The second kappa shape index (κ2) is 7.46. The fraction of sp³-hybridized carbons (Fsp3) is 0.588. The van der Waals surface area contributed by atoms with E-state index in [2.05, 4.69) is 19.2 Å². The number of hydrogen-bond acceptors (Lipinski definition) is 3. The van der Waals surface area contributed by atoms with Crippen molar-refractivity contribution in [2.24, 2.45) is 17.6 Å². The van der Waals surface area contributed by atoms with Crippen molar-refractivity contribution < 1.29 is 9.53 Å². The van der Waals surface area contributed by atoms with Gasteiger partial charge in [-0.05, 0) is 48.8 Å². The molecule has 0 radical (unpaired) electrons. The van der Waals surface area contributed by atoms with Crippen molar-refractivity contribution in [3.8, 4) is 5.75 Å². The van der Waals surface area contributed by atoms with Gasteiger partial charge in [0.05, 0.1) is 0 Å². The Hall–Kier alpha value is -1.55. The molecule has 2 unspecified atom stereocenters. The molecule has 0 spiro atoms. The molecule has 3 N–H and O–H groups in total. The molecule has 0 aliphatic heterocycles. The van der Waals surface area contributed by atoms with Gasteiger partial charge in [0.2, 0.25) is 0 Å². The molecule has 1 aliphatic rings. The van der Waals surface area contributed by atoms with Gasteiger partial charge in [-0.1, -0.05) is 26.0 Å². The number of amides is 1. The van der Waals surface area contributed by atoms with Crippen molar-refractivity contribution in [1.82, 2.24) is 5.32 Å². The van der Waals surface area contributed by atoms with Crippen molar-refractivity contribution in [3.05, 3.63) is 29.8 Å². The quantitative estimate of drug-likeness (QED) is 0.846. The predicted molar refractivity (Wildman–Crippen MR) is 83.9 cm³/mol. The number of ether oxygens (including phenoxy) is 1. The first-order valence-corrected chi connectivity index (χ1v) is 7.76. The lowest BCUT2D eigenvalue weighted by atomic mass is 9.80. The molecule has 0 bridgehead atoms. The smallest absolute Gasteiger partial charge is 0.255 e. The Bertz CT molecular complexity index is 448. The molecular formula is C17H26N2O2. The Kier molecular flexibility index (Phi) is 5.62. The average molecular weight is 290 g/mol. The number of benzene rings is 1. The number of carbonyl (C=O) groups excluding carboxylic acids is 1. The van der Waals surface area contributed by atoms with Crippen molar-refractivity contribution in [3.63, 3.8) is 0 Å². The molecule has 1 amide bonds. The molecule has 4 heteroatoms. The van der Waals surface area contributed by atoms with Crippen LogP contribution in [0.4, 0.5) is 0 Å². The van der Waals surface area contributed by atoms with Crippen molar-refractivity contribution >= 4 is 5.91 Å². The van der Waals surface area contributed by atoms with Gasteiger partial charge in [0.25, 0.3) is 5.91 Å². The predicted octanol–water partition coefficient (Wildman–Crippen LogP) is 2.46. The van der Waals surface area contributed by atoms with Crippen LogP contribution in [0.1, 0.15) is 38.7 Å². The van der Waals surface area contributed by atoms with Crippen molar-refractivity contribution in [2.45, 2.75) is 45.7 Å². The molecule has 2 rings (SSSR count). The zero-order valence-corrected chi connectivity index (χ0v) is 13.0. The van der Waals surface area contributed by atoms with E-state index >= 15 is 0 Å². The Morgan fingerprint density at radius 1 is 1.19 bits per heavy atom. The summed E-state index contributed by atoms with van der Waals surface area (Å²) < 4.78 is 5.25. The van der Waals surface area contributed by atoms with E-state index in [0.717, 1.165) is 18.4 Å². The second-order valence-corrected chi connectivity index (χ2v) is 6.39. The molecular weight excluding hydrogens is 264 g/mol. The Morgan fingerprint density at radius 3 is 2.38 bits per heavy atom. The highest BCUT2D eigenvalue weighted by atomic mass is 16.5. The van der Waals surface area contributed by atoms with E-state index in [4.69, 9.17) is 10.5 Å². The maximum atomic E-state index is 10.7. The number of nitrogens with two attached hydrogens (primary N) is 1. The first-order chi connectivity index (χ1) is 10.0. The molecule has 4 nitrogen and oxygen atoms in total. The fourth-order valence-electron chi connectivity index (χ4n) is 3.23. The summed E-state index contributed by atoms with van der Waals surface area (Å²) in [6.45, 7) is 5.49. The maximum Gasteiger partial charge on any atom is 0.255 e. The molecule has 1 saturated carbocycles. The zero-order chi connectivity index (χ0) is 15.2. The first kappa shape index (κ1) is 15.8. The van der Waals surface area contributed by atoms with Gasteiger partial charge in [-0.25, -0.2) is 0 Å². The van der Waals surface area contributed by atoms with Gasteiger partial charge in [-0.3, -0.25) is 4.79 Å². The maximum absolute atomic E-state index is 10.7. The number of hydrogen-bond donors (Lipinski definition) is 2. The van der Waals surface area contributed by atoms with Gasteiger partial charge in [-0.2, -0.15) is 0 Å². The highest BCUT2D eigenvalue weighted by Gasteiger charge is 2.23. The van der Waals surface area contributed by atoms with Crippen LogP contribution in [0.2, 0.25) is 0 Å². The highest BCUT2D eigenvalue weighted by Crippen LogP contribution is 2.28. The second-order valence-electron chi connectivity index (χ2n) is 6.39. The van der Waals surface area contributed by atoms with Crippen LogP contribution in [0.25, 0.3) is 0 Å². The van der Waals surface area contributed by atoms with Crippen LogP contribution in [0.5, 0.6) is 5.75 Å². The summed E-state index contributed by atoms with van der Waals surface area (Å²) in [5.41, 5.74) is 6.28. The van der Waals surface area contributed by atoms with Gasteiger partial charge in [0, 0.05) is 12.6 Å². The van der Waals surface area contributed by atoms with Crippen LogP contribution in [0, 0.1) is 11.8 Å². The van der Waals surface area contributed by atoms with Crippen molar-refractivity contribution in [1.29, 1.82) is 0 Å². The molecule has 2 atom stereocenters. The summed E-state index contributed by atoms with van der Waals surface area (Å²) >= 11 is 0. The number of nitrogens with one attached hydrogen (secondary N) is 1. The monoisotopic (exact) mass is 290 g/mol. The molecule has 1 aromatic carbocycles. The van der Waals surface area contributed by atoms with Crippen LogP contribution < -0.4 is 15.8 Å². The van der Waals surface area contributed by atoms with E-state index in [9.17, 15) is 4.79 Å². The molecule has 0 saturated heterocycles. The lowest BCUT2D eigenvalue weighted by Crippen LogP contribution is -2.35. The normalized spacial score (nSPS) is 25.5. The largest absolute Gasteiger partial charge is 0.484 e. The molecule has 116 valence electrons. The van der Waals surface area contributed by atoms with E-state index in [1.54, 1.807) is 0 Å². The molecule has 0 heterocycles. The number of primary amides is 1. The van der Waals surface area contributed by atoms with Crippen LogP contribution in [0.3, 0.4) is 0 Å². The van der Waals surface area contributed by atoms with E-state index < -0.39 is 5.91 Å². The summed E-state index contributed by atoms with van der Waals surface area (Å²) in [6.07, 6.45) is 3.89. The molecule has 1 fully saturated rings. The Balaban J connectivity index is 1.79. The Morgan fingerprint density at radius 2 is 1.81 bits per heavy atom. The SMILES string of the molecule is CC1CC(C)CC(NCc2ccc(OCC(N)=O)cc2)C1. The lowest BCUT2D eigenvalue weighted by Gasteiger charge is -2.32. The van der Waals surface area contributed by atoms with Crippen LogP contribution in [-0.4, -0.2) is 18.6 Å². The topological polar surface area (TPSA) is 64.3 Å². The summed E-state index contributed by atoms with van der Waals surface area (Å²) in [6, 6.07) is 8.44. The van der Waals surface area contributed by atoms with E-state index in [0.29, 0.717) is 11.8 Å². The number of carbonyl (C=O) groups is 1. The molecule has 1 aliphatic carbocycles. The van der Waals surface area contributed by atoms with Crippen molar-refractivity contribution in [2.75, 3.05) is 6.61 Å². The third-order valence-corrected chi connectivity index (χ3v) is 4.08. The first-order valence-electron chi connectivity index (χ1n) is 7.76. The minimum Gasteiger partial charge on any atom is -0.484 e. The number of rotatable bonds is 6.